The van der Waals surface area contributed by atoms with Crippen molar-refractivity contribution >= 4 is 28.7 Å². The van der Waals surface area contributed by atoms with Gasteiger partial charge in [0.2, 0.25) is 0 Å². The second-order valence-corrected chi connectivity index (χ2v) is 10.9. The minimum atomic E-state index is -4.64. The van der Waals surface area contributed by atoms with E-state index in [-0.39, 0.29) is 18.6 Å². The average Bonchev–Trinajstić information content (AvgIpc) is 3.14. The van der Waals surface area contributed by atoms with Crippen LogP contribution in [0.25, 0.3) is 0 Å². The number of nitriles is 1. The zero-order valence-electron chi connectivity index (χ0n) is 24.5. The van der Waals surface area contributed by atoms with Gasteiger partial charge in [0.15, 0.2) is 5.78 Å². The highest BCUT2D eigenvalue weighted by atomic mass is 32.1. The van der Waals surface area contributed by atoms with Crippen molar-refractivity contribution in [3.05, 3.63) is 59.2 Å². The Labute approximate surface area is 255 Å². The van der Waals surface area contributed by atoms with Gasteiger partial charge in [-0.1, -0.05) is 18.3 Å². The summed E-state index contributed by atoms with van der Waals surface area (Å²) in [5.41, 5.74) is 4.13. The molecule has 0 amide bonds. The minimum absolute atomic E-state index is 0.0900. The van der Waals surface area contributed by atoms with Crippen LogP contribution in [0.2, 0.25) is 0 Å². The smallest absolute Gasteiger partial charge is 0.417 e. The first-order chi connectivity index (χ1) is 20.5. The number of carbonyl (C=O) groups excluding carboxylic acids is 1. The molecule has 12 heteroatoms. The van der Waals surface area contributed by atoms with E-state index in [1.165, 1.54) is 12.1 Å². The molecule has 3 rings (SSSR count). The van der Waals surface area contributed by atoms with Gasteiger partial charge in [-0.3, -0.25) is 4.79 Å². The Morgan fingerprint density at radius 2 is 1.60 bits per heavy atom. The number of benzene rings is 2. The van der Waals surface area contributed by atoms with E-state index in [0.717, 1.165) is 11.8 Å². The SMILES string of the molecule is CC1(C)C(=O)C(CCc2ccc(C#N)c(C(F)(F)F)c2)C(=S)N1c1ccc(OCCCOCCOCCOCCN)cc1. The monoisotopic (exact) mass is 621 g/mol. The van der Waals surface area contributed by atoms with E-state index in [0.29, 0.717) is 75.5 Å². The molecule has 2 aromatic carbocycles. The first kappa shape index (κ1) is 34.4. The molecule has 1 atom stereocenters. The fourth-order valence-electron chi connectivity index (χ4n) is 4.84. The van der Waals surface area contributed by atoms with Crippen LogP contribution in [0.1, 0.15) is 43.4 Å². The lowest BCUT2D eigenvalue weighted by Crippen LogP contribution is -2.44. The Morgan fingerprint density at radius 3 is 2.21 bits per heavy atom. The molecule has 0 radical (unpaired) electrons. The second kappa shape index (κ2) is 16.1. The second-order valence-electron chi connectivity index (χ2n) is 10.5. The van der Waals surface area contributed by atoms with Gasteiger partial charge in [-0.25, -0.2) is 0 Å². The molecule has 43 heavy (non-hydrogen) atoms. The minimum Gasteiger partial charge on any atom is -0.494 e. The highest BCUT2D eigenvalue weighted by Crippen LogP contribution is 2.39. The third-order valence-electron chi connectivity index (χ3n) is 7.03. The number of Topliss-reactive ketones (excluding diaryl/α,β-unsaturated/α-hetero) is 1. The Morgan fingerprint density at radius 1 is 0.977 bits per heavy atom. The lowest BCUT2D eigenvalue weighted by molar-refractivity contribution is -0.137. The number of hydrogen-bond acceptors (Lipinski definition) is 8. The summed E-state index contributed by atoms with van der Waals surface area (Å²) >= 11 is 5.72. The molecule has 0 aliphatic carbocycles. The number of ketones is 1. The predicted molar refractivity (Wildman–Crippen MR) is 160 cm³/mol. The molecule has 1 unspecified atom stereocenters. The molecule has 8 nitrogen and oxygen atoms in total. The molecule has 0 bridgehead atoms. The Bertz CT molecular complexity index is 1260. The zero-order chi connectivity index (χ0) is 31.5. The van der Waals surface area contributed by atoms with Crippen molar-refractivity contribution in [2.75, 3.05) is 57.7 Å². The van der Waals surface area contributed by atoms with Crippen molar-refractivity contribution in [2.24, 2.45) is 11.7 Å². The van der Waals surface area contributed by atoms with Crippen molar-refractivity contribution < 1.29 is 36.9 Å². The average molecular weight is 622 g/mol. The van der Waals surface area contributed by atoms with Crippen LogP contribution in [0.5, 0.6) is 5.75 Å². The van der Waals surface area contributed by atoms with Crippen molar-refractivity contribution in [2.45, 2.75) is 44.8 Å². The molecule has 1 aliphatic heterocycles. The molecule has 2 aromatic rings. The number of nitrogens with two attached hydrogens (primary N) is 1. The van der Waals surface area contributed by atoms with Gasteiger partial charge in [-0.2, -0.15) is 18.4 Å². The number of hydrogen-bond donors (Lipinski definition) is 1. The van der Waals surface area contributed by atoms with Crippen LogP contribution in [-0.2, 0) is 31.6 Å². The number of aryl methyl sites for hydroxylation is 1. The Balaban J connectivity index is 1.48. The van der Waals surface area contributed by atoms with Crippen molar-refractivity contribution in [1.29, 1.82) is 5.26 Å². The van der Waals surface area contributed by atoms with Crippen molar-refractivity contribution in [3.8, 4) is 11.8 Å². The summed E-state index contributed by atoms with van der Waals surface area (Å²) in [5.74, 6) is -0.0507. The van der Waals surface area contributed by atoms with Gasteiger partial charge < -0.3 is 29.6 Å². The van der Waals surface area contributed by atoms with Gasteiger partial charge in [0.1, 0.15) is 5.75 Å². The first-order valence-electron chi connectivity index (χ1n) is 14.2. The molecule has 1 fully saturated rings. The van der Waals surface area contributed by atoms with Crippen LogP contribution in [-0.4, -0.2) is 69.1 Å². The fourth-order valence-corrected chi connectivity index (χ4v) is 5.40. The maximum Gasteiger partial charge on any atom is 0.417 e. The van der Waals surface area contributed by atoms with Crippen LogP contribution in [0.4, 0.5) is 18.9 Å². The molecule has 2 N–H and O–H groups in total. The number of alkyl halides is 3. The number of anilines is 1. The maximum absolute atomic E-state index is 13.4. The molecule has 234 valence electrons. The van der Waals surface area contributed by atoms with Gasteiger partial charge >= 0.3 is 6.18 Å². The maximum atomic E-state index is 13.4. The molecular formula is C31H38F3N3O5S. The zero-order valence-corrected chi connectivity index (χ0v) is 25.3. The van der Waals surface area contributed by atoms with E-state index in [1.807, 2.05) is 24.3 Å². The number of ether oxygens (including phenoxy) is 4. The molecule has 0 aromatic heterocycles. The summed E-state index contributed by atoms with van der Waals surface area (Å²) in [6.07, 6.45) is -3.47. The van der Waals surface area contributed by atoms with Gasteiger partial charge in [0.05, 0.1) is 73.3 Å². The molecule has 0 saturated carbocycles. The number of halogens is 3. The Kier molecular flexibility index (Phi) is 12.9. The van der Waals surface area contributed by atoms with E-state index >= 15 is 0 Å². The predicted octanol–water partition coefficient (Wildman–Crippen LogP) is 5.10. The van der Waals surface area contributed by atoms with E-state index in [1.54, 1.807) is 24.8 Å². The summed E-state index contributed by atoms with van der Waals surface area (Å²) < 4.78 is 62.1. The molecular weight excluding hydrogens is 583 g/mol. The number of thiocarbonyl (C=S) groups is 1. The van der Waals surface area contributed by atoms with Crippen molar-refractivity contribution in [1.82, 2.24) is 0 Å². The normalized spacial score (nSPS) is 16.5. The van der Waals surface area contributed by atoms with Gasteiger partial charge in [-0.15, -0.1) is 0 Å². The van der Waals surface area contributed by atoms with Crippen LogP contribution in [0.15, 0.2) is 42.5 Å². The van der Waals surface area contributed by atoms with Crippen LogP contribution < -0.4 is 15.4 Å². The van der Waals surface area contributed by atoms with Crippen LogP contribution >= 0.6 is 12.2 Å². The lowest BCUT2D eigenvalue weighted by atomic mass is 9.90. The van der Waals surface area contributed by atoms with Crippen LogP contribution in [0.3, 0.4) is 0 Å². The standard InChI is InChI=1S/C31H38F3N3O5S/c1-30(2)28(38)26(11-5-22-4-6-23(21-36)27(20-22)31(32,33)34)29(43)37(30)24-7-9-25(10-8-24)42-14-3-13-39-16-18-41-19-17-40-15-12-35/h4,6-10,20,26H,3,5,11-19,35H2,1-2H3. The van der Waals surface area contributed by atoms with E-state index < -0.39 is 28.8 Å². The van der Waals surface area contributed by atoms with E-state index in [9.17, 15) is 18.0 Å². The number of nitrogens with zero attached hydrogens (tertiary/aromatic N) is 2. The summed E-state index contributed by atoms with van der Waals surface area (Å²) in [5, 5.41) is 9.04. The summed E-state index contributed by atoms with van der Waals surface area (Å²) in [6.45, 7) is 7.57. The summed E-state index contributed by atoms with van der Waals surface area (Å²) in [4.78, 5) is 15.6. The molecule has 0 spiro atoms. The van der Waals surface area contributed by atoms with Crippen molar-refractivity contribution in [3.63, 3.8) is 0 Å². The summed E-state index contributed by atoms with van der Waals surface area (Å²) in [6, 6.07) is 12.5. The van der Waals surface area contributed by atoms with Gasteiger partial charge in [0, 0.05) is 25.3 Å². The first-order valence-corrected chi connectivity index (χ1v) is 14.6. The van der Waals surface area contributed by atoms with Crippen LogP contribution in [0, 0.1) is 17.2 Å². The van der Waals surface area contributed by atoms with E-state index in [2.05, 4.69) is 0 Å². The third kappa shape index (κ3) is 9.45. The third-order valence-corrected chi connectivity index (χ3v) is 7.50. The Hall–Kier alpha value is -3.08. The molecule has 1 saturated heterocycles. The fraction of sp³-hybridized carbons (Fsp3) is 0.516. The lowest BCUT2D eigenvalue weighted by Gasteiger charge is -2.31. The highest BCUT2D eigenvalue weighted by molar-refractivity contribution is 7.80. The largest absolute Gasteiger partial charge is 0.494 e. The highest BCUT2D eigenvalue weighted by Gasteiger charge is 2.50. The molecule has 1 heterocycles. The topological polar surface area (TPSA) is 107 Å². The van der Waals surface area contributed by atoms with E-state index in [4.69, 9.17) is 42.2 Å². The summed E-state index contributed by atoms with van der Waals surface area (Å²) in [7, 11) is 0. The van der Waals surface area contributed by atoms with Gasteiger partial charge in [-0.05, 0) is 68.7 Å². The number of carbonyl (C=O) groups is 1. The quantitative estimate of drug-likeness (QED) is 0.191. The van der Waals surface area contributed by atoms with Gasteiger partial charge in [0.25, 0.3) is 0 Å². The number of rotatable bonds is 17. The molecule has 1 aliphatic rings.